The second-order valence-corrected chi connectivity index (χ2v) is 13.1. The van der Waals surface area contributed by atoms with Crippen molar-refractivity contribution in [2.75, 3.05) is 24.0 Å². The summed E-state index contributed by atoms with van der Waals surface area (Å²) in [6.45, 7) is 0. The zero-order valence-corrected chi connectivity index (χ0v) is 18.9. The van der Waals surface area contributed by atoms with Crippen molar-refractivity contribution in [1.82, 2.24) is 0 Å². The molecule has 0 aromatic rings. The fourth-order valence-corrected chi connectivity index (χ4v) is 12.0. The summed E-state index contributed by atoms with van der Waals surface area (Å²) in [5, 5.41) is 17.8. The van der Waals surface area contributed by atoms with Crippen LogP contribution < -0.4 is 0 Å². The standard InChI is InChI=1S/C12H12O4S8/c1-17-7-8(18-2)22-11(21-7)12-23-9(19-3-5(13)14)10(24-12)20-4-6(15)16/h3-4H2,1-2H3,(H,13,14)(H,15,16). The fraction of sp³-hybridized carbons (Fsp3) is 0.333. The molecule has 0 unspecified atom stereocenters. The summed E-state index contributed by atoms with van der Waals surface area (Å²) in [4.78, 5) is 21.7. The van der Waals surface area contributed by atoms with Crippen molar-refractivity contribution >= 4 is 106 Å². The molecule has 12 heteroatoms. The minimum atomic E-state index is -0.873. The SMILES string of the molecule is CSC1=C(SC)SC(=C2SC(SCC(=O)O)=C(SCC(=O)O)S2)S1. The van der Waals surface area contributed by atoms with Crippen LogP contribution >= 0.6 is 94.1 Å². The average molecular weight is 477 g/mol. The molecule has 0 aromatic carbocycles. The van der Waals surface area contributed by atoms with Crippen molar-refractivity contribution in [3.05, 3.63) is 25.4 Å². The normalized spacial score (nSPS) is 18.1. The molecule has 0 radical (unpaired) electrons. The Hall–Kier alpha value is 0.960. The highest BCUT2D eigenvalue weighted by Gasteiger charge is 2.30. The lowest BCUT2D eigenvalue weighted by Crippen LogP contribution is -1.98. The maximum Gasteiger partial charge on any atom is 0.313 e. The maximum absolute atomic E-state index is 10.8. The molecule has 4 nitrogen and oxygen atoms in total. The Labute approximate surface area is 174 Å². The number of carboxylic acids is 2. The van der Waals surface area contributed by atoms with Gasteiger partial charge in [-0.1, -0.05) is 47.0 Å². The third kappa shape index (κ3) is 6.00. The van der Waals surface area contributed by atoms with E-state index in [-0.39, 0.29) is 11.5 Å². The number of thioether (sulfide) groups is 8. The highest BCUT2D eigenvalue weighted by atomic mass is 32.3. The Kier molecular flexibility index (Phi) is 9.16. The van der Waals surface area contributed by atoms with E-state index in [9.17, 15) is 9.59 Å². The third-order valence-corrected chi connectivity index (χ3v) is 13.5. The molecular weight excluding hydrogens is 465 g/mol. The molecule has 2 N–H and O–H groups in total. The zero-order valence-electron chi connectivity index (χ0n) is 12.4. The van der Waals surface area contributed by atoms with Crippen LogP contribution in [0.3, 0.4) is 0 Å². The Morgan fingerprint density at radius 3 is 1.38 bits per heavy atom. The van der Waals surface area contributed by atoms with Crippen LogP contribution in [0.2, 0.25) is 0 Å². The van der Waals surface area contributed by atoms with Gasteiger partial charge in [0, 0.05) is 0 Å². The lowest BCUT2D eigenvalue weighted by atomic mass is 10.8. The van der Waals surface area contributed by atoms with E-state index in [1.165, 1.54) is 36.2 Å². The maximum atomic E-state index is 10.8. The number of hydrogen-bond donors (Lipinski definition) is 2. The molecule has 24 heavy (non-hydrogen) atoms. The van der Waals surface area contributed by atoms with Gasteiger partial charge in [-0.3, -0.25) is 9.59 Å². The Bertz CT molecular complexity index is 589. The molecule has 2 rings (SSSR count). The third-order valence-electron chi connectivity index (χ3n) is 2.27. The molecule has 2 heterocycles. The molecule has 0 aliphatic carbocycles. The summed E-state index contributed by atoms with van der Waals surface area (Å²) in [6, 6.07) is 0. The van der Waals surface area contributed by atoms with Gasteiger partial charge in [0.25, 0.3) is 0 Å². The van der Waals surface area contributed by atoms with Crippen molar-refractivity contribution in [2.45, 2.75) is 0 Å². The van der Waals surface area contributed by atoms with Crippen molar-refractivity contribution in [3.8, 4) is 0 Å². The summed E-state index contributed by atoms with van der Waals surface area (Å²) in [6.07, 6.45) is 4.12. The monoisotopic (exact) mass is 476 g/mol. The van der Waals surface area contributed by atoms with Crippen molar-refractivity contribution in [3.63, 3.8) is 0 Å². The molecule has 0 spiro atoms. The van der Waals surface area contributed by atoms with Gasteiger partial charge in [-0.05, 0) is 12.5 Å². The summed E-state index contributed by atoms with van der Waals surface area (Å²) < 4.78 is 6.64. The largest absolute Gasteiger partial charge is 0.481 e. The van der Waals surface area contributed by atoms with Crippen LogP contribution in [0.15, 0.2) is 25.4 Å². The lowest BCUT2D eigenvalue weighted by Gasteiger charge is -2.02. The second kappa shape index (κ2) is 10.3. The first-order valence-corrected chi connectivity index (χ1v) is 13.8. The Balaban J connectivity index is 2.13. The highest BCUT2D eigenvalue weighted by molar-refractivity contribution is 8.45. The first-order chi connectivity index (χ1) is 11.4. The predicted molar refractivity (Wildman–Crippen MR) is 119 cm³/mol. The van der Waals surface area contributed by atoms with E-state index >= 15 is 0 Å². The van der Waals surface area contributed by atoms with E-state index < -0.39 is 11.9 Å². The minimum Gasteiger partial charge on any atom is -0.481 e. The number of aliphatic carboxylic acids is 2. The van der Waals surface area contributed by atoms with Crippen LogP contribution in [0.4, 0.5) is 0 Å². The molecule has 2 aliphatic heterocycles. The van der Waals surface area contributed by atoms with Gasteiger partial charge in [0.15, 0.2) is 0 Å². The molecular formula is C12H12O4S8. The van der Waals surface area contributed by atoms with Crippen LogP contribution in [0.5, 0.6) is 0 Å². The Morgan fingerprint density at radius 2 is 1.08 bits per heavy atom. The second-order valence-electron chi connectivity index (χ2n) is 3.91. The van der Waals surface area contributed by atoms with E-state index in [1.54, 1.807) is 70.6 Å². The quantitative estimate of drug-likeness (QED) is 0.452. The lowest BCUT2D eigenvalue weighted by molar-refractivity contribution is -0.134. The minimum absolute atomic E-state index is 0.0205. The topological polar surface area (TPSA) is 74.6 Å². The number of hydrogen-bond acceptors (Lipinski definition) is 10. The molecule has 0 fully saturated rings. The van der Waals surface area contributed by atoms with Gasteiger partial charge in [-0.15, -0.1) is 47.0 Å². The summed E-state index contributed by atoms with van der Waals surface area (Å²) in [5.41, 5.74) is 0. The van der Waals surface area contributed by atoms with Crippen molar-refractivity contribution in [1.29, 1.82) is 0 Å². The molecule has 0 saturated carbocycles. The molecule has 0 aromatic heterocycles. The van der Waals surface area contributed by atoms with Crippen molar-refractivity contribution in [2.24, 2.45) is 0 Å². The average Bonchev–Trinajstić information content (AvgIpc) is 3.14. The van der Waals surface area contributed by atoms with Gasteiger partial charge in [0.05, 0.1) is 36.9 Å². The van der Waals surface area contributed by atoms with Gasteiger partial charge >= 0.3 is 11.9 Å². The fourth-order valence-electron chi connectivity index (χ4n) is 1.39. The number of carboxylic acid groups (broad SMARTS) is 2. The van der Waals surface area contributed by atoms with E-state index in [2.05, 4.69) is 12.5 Å². The van der Waals surface area contributed by atoms with Gasteiger partial charge < -0.3 is 10.2 Å². The smallest absolute Gasteiger partial charge is 0.313 e. The van der Waals surface area contributed by atoms with Crippen LogP contribution in [0.1, 0.15) is 0 Å². The number of carbonyl (C=O) groups is 2. The molecule has 0 atom stereocenters. The first-order valence-electron chi connectivity index (χ1n) is 6.16. The predicted octanol–water partition coefficient (Wildman–Crippen LogP) is 5.69. The molecule has 132 valence electrons. The van der Waals surface area contributed by atoms with E-state index in [1.807, 2.05) is 0 Å². The van der Waals surface area contributed by atoms with E-state index in [4.69, 9.17) is 10.2 Å². The first kappa shape index (κ1) is 21.3. The van der Waals surface area contributed by atoms with Gasteiger partial charge in [0.2, 0.25) is 0 Å². The molecule has 2 aliphatic rings. The molecule has 0 bridgehead atoms. The van der Waals surface area contributed by atoms with Crippen LogP contribution in [-0.2, 0) is 9.59 Å². The molecule has 0 saturated heterocycles. The van der Waals surface area contributed by atoms with Gasteiger partial charge in [0.1, 0.15) is 0 Å². The van der Waals surface area contributed by atoms with E-state index in [0.717, 1.165) is 12.7 Å². The Morgan fingerprint density at radius 1 is 0.750 bits per heavy atom. The van der Waals surface area contributed by atoms with Crippen LogP contribution in [0, 0.1) is 0 Å². The van der Waals surface area contributed by atoms with Gasteiger partial charge in [-0.2, -0.15) is 0 Å². The highest BCUT2D eigenvalue weighted by Crippen LogP contribution is 2.65. The number of rotatable bonds is 8. The van der Waals surface area contributed by atoms with Gasteiger partial charge in [-0.25, -0.2) is 0 Å². The molecule has 0 amide bonds. The van der Waals surface area contributed by atoms with E-state index in [0.29, 0.717) is 0 Å². The van der Waals surface area contributed by atoms with Crippen LogP contribution in [0.25, 0.3) is 0 Å². The van der Waals surface area contributed by atoms with Crippen molar-refractivity contribution < 1.29 is 19.8 Å². The zero-order chi connectivity index (χ0) is 17.7. The summed E-state index contributed by atoms with van der Waals surface area (Å²) in [7, 11) is 0. The summed E-state index contributed by atoms with van der Waals surface area (Å²) in [5.74, 6) is -1.79. The summed E-state index contributed by atoms with van der Waals surface area (Å²) >= 11 is 12.6. The van der Waals surface area contributed by atoms with Crippen LogP contribution in [-0.4, -0.2) is 46.2 Å².